The fourth-order valence-electron chi connectivity index (χ4n) is 4.68. The number of nitrogens with zero attached hydrogens (tertiary/aromatic N) is 1. The van der Waals surface area contributed by atoms with Crippen LogP contribution in [0.4, 0.5) is 10.7 Å². The molecule has 0 bridgehead atoms. The molecule has 7 heteroatoms. The van der Waals surface area contributed by atoms with Crippen molar-refractivity contribution in [3.63, 3.8) is 0 Å². The Labute approximate surface area is 231 Å². The van der Waals surface area contributed by atoms with Gasteiger partial charge in [0.25, 0.3) is 5.91 Å². The van der Waals surface area contributed by atoms with Crippen LogP contribution in [-0.2, 0) is 12.8 Å². The number of nitrogens with one attached hydrogen (secondary N) is 1. The van der Waals surface area contributed by atoms with Crippen molar-refractivity contribution >= 4 is 57.3 Å². The molecule has 0 saturated carbocycles. The van der Waals surface area contributed by atoms with Gasteiger partial charge in [-0.2, -0.15) is 0 Å². The summed E-state index contributed by atoms with van der Waals surface area (Å²) in [5.74, 6) is 1.77. The third-order valence-electron chi connectivity index (χ3n) is 6.87. The summed E-state index contributed by atoms with van der Waals surface area (Å²) in [6.07, 6.45) is 4.58. The zero-order valence-corrected chi connectivity index (χ0v) is 23.3. The van der Waals surface area contributed by atoms with Crippen molar-refractivity contribution in [2.45, 2.75) is 40.0 Å². The van der Waals surface area contributed by atoms with E-state index in [1.54, 1.807) is 41.8 Å². The van der Waals surface area contributed by atoms with Gasteiger partial charge in [0.2, 0.25) is 0 Å². The molecule has 1 atom stereocenters. The lowest BCUT2D eigenvalue weighted by atomic mass is 9.72. The molecule has 1 aliphatic carbocycles. The maximum atomic E-state index is 13.5. The molecule has 4 nitrogen and oxygen atoms in total. The van der Waals surface area contributed by atoms with E-state index < -0.39 is 0 Å². The highest BCUT2D eigenvalue weighted by molar-refractivity contribution is 7.16. The first-order valence-electron chi connectivity index (χ1n) is 12.3. The maximum Gasteiger partial charge on any atom is 0.259 e. The van der Waals surface area contributed by atoms with Crippen LogP contribution in [0, 0.1) is 11.3 Å². The summed E-state index contributed by atoms with van der Waals surface area (Å²) in [6, 6.07) is 18.4. The van der Waals surface area contributed by atoms with Gasteiger partial charge in [0, 0.05) is 26.2 Å². The molecule has 2 aromatic heterocycles. The lowest BCUT2D eigenvalue weighted by molar-refractivity contribution is 0.102. The van der Waals surface area contributed by atoms with Crippen molar-refractivity contribution in [3.8, 4) is 11.3 Å². The molecule has 1 aliphatic rings. The van der Waals surface area contributed by atoms with E-state index in [0.717, 1.165) is 36.1 Å². The van der Waals surface area contributed by atoms with Gasteiger partial charge < -0.3 is 9.73 Å². The van der Waals surface area contributed by atoms with Gasteiger partial charge in [-0.1, -0.05) is 44.0 Å². The number of halogens is 2. The van der Waals surface area contributed by atoms with Crippen molar-refractivity contribution in [1.82, 2.24) is 0 Å². The molecule has 0 spiro atoms. The topological polar surface area (TPSA) is 54.6 Å². The Hall–Kier alpha value is -2.86. The van der Waals surface area contributed by atoms with Gasteiger partial charge >= 0.3 is 0 Å². The van der Waals surface area contributed by atoms with Crippen LogP contribution in [0.1, 0.15) is 53.8 Å². The molecular formula is C30H28Cl2N2O2S. The minimum Gasteiger partial charge on any atom is -0.455 e. The number of carbonyl (C=O) groups excluding carboxylic acids is 1. The Morgan fingerprint density at radius 3 is 2.38 bits per heavy atom. The quantitative estimate of drug-likeness (QED) is 0.251. The number of hydrogen-bond acceptors (Lipinski definition) is 4. The van der Waals surface area contributed by atoms with E-state index >= 15 is 0 Å². The molecule has 37 heavy (non-hydrogen) atoms. The molecule has 0 fully saturated rings. The van der Waals surface area contributed by atoms with Crippen LogP contribution < -0.4 is 5.32 Å². The molecule has 2 heterocycles. The summed E-state index contributed by atoms with van der Waals surface area (Å²) in [5.41, 5.74) is 3.62. The second-order valence-electron chi connectivity index (χ2n) is 10.4. The third kappa shape index (κ3) is 5.85. The molecule has 0 radical (unpaired) electrons. The summed E-state index contributed by atoms with van der Waals surface area (Å²) >= 11 is 13.6. The van der Waals surface area contributed by atoms with Crippen LogP contribution in [0.25, 0.3) is 11.3 Å². The molecule has 1 N–H and O–H groups in total. The highest BCUT2D eigenvalue weighted by Gasteiger charge is 2.33. The van der Waals surface area contributed by atoms with Crippen molar-refractivity contribution in [2.75, 3.05) is 5.32 Å². The van der Waals surface area contributed by atoms with E-state index in [0.29, 0.717) is 38.0 Å². The Balaban J connectivity index is 1.46. The summed E-state index contributed by atoms with van der Waals surface area (Å²) in [5, 5.41) is 5.04. The number of thiophene rings is 1. The fourth-order valence-corrected chi connectivity index (χ4v) is 6.20. The lowest BCUT2D eigenvalue weighted by Gasteiger charge is -2.33. The van der Waals surface area contributed by atoms with Crippen molar-refractivity contribution in [3.05, 3.63) is 92.5 Å². The molecule has 190 valence electrons. The average Bonchev–Trinajstić information content (AvgIpc) is 3.48. The highest BCUT2D eigenvalue weighted by atomic mass is 35.5. The Morgan fingerprint density at radius 1 is 1.03 bits per heavy atom. The van der Waals surface area contributed by atoms with Crippen LogP contribution in [0.5, 0.6) is 0 Å². The minimum absolute atomic E-state index is 0.150. The molecule has 0 aliphatic heterocycles. The second kappa shape index (κ2) is 10.5. The number of aliphatic imine (C=N–C) groups is 1. The van der Waals surface area contributed by atoms with E-state index in [4.69, 9.17) is 32.6 Å². The zero-order chi connectivity index (χ0) is 26.2. The first-order chi connectivity index (χ1) is 17.7. The molecular weight excluding hydrogens is 523 g/mol. The standard InChI is InChI=1S/C30H28Cl2N2O2S/c1-30(2,3)19-6-14-24-26(16-19)37-29(27(24)28(35)34-22-11-9-21(32)10-12-22)33-17-23-13-15-25(36-23)18-4-7-20(31)8-5-18/h4-5,7-13,15,17,19H,6,14,16H2,1-3H3,(H,34,35)/t19-/m0/s1. The maximum absolute atomic E-state index is 13.5. The molecule has 1 amide bonds. The minimum atomic E-state index is -0.150. The first-order valence-corrected chi connectivity index (χ1v) is 13.9. The van der Waals surface area contributed by atoms with Crippen molar-refractivity contribution < 1.29 is 9.21 Å². The van der Waals surface area contributed by atoms with Crippen LogP contribution >= 0.6 is 34.5 Å². The van der Waals surface area contributed by atoms with Gasteiger partial charge in [-0.05, 0) is 96.8 Å². The SMILES string of the molecule is CC(C)(C)[C@H]1CCc2c(sc(N=Cc3ccc(-c4ccc(Cl)cc4)o3)c2C(=O)Nc2ccc(Cl)cc2)C1. The summed E-state index contributed by atoms with van der Waals surface area (Å²) in [6.45, 7) is 6.87. The Bertz CT molecular complexity index is 1440. The molecule has 2 aromatic carbocycles. The monoisotopic (exact) mass is 550 g/mol. The summed E-state index contributed by atoms with van der Waals surface area (Å²) in [4.78, 5) is 19.5. The molecule has 0 unspecified atom stereocenters. The number of benzene rings is 2. The van der Waals surface area contributed by atoms with Crippen LogP contribution in [-0.4, -0.2) is 12.1 Å². The highest BCUT2D eigenvalue weighted by Crippen LogP contribution is 2.45. The van der Waals surface area contributed by atoms with Crippen LogP contribution in [0.2, 0.25) is 10.0 Å². The van der Waals surface area contributed by atoms with Gasteiger partial charge in [0.1, 0.15) is 16.5 Å². The van der Waals surface area contributed by atoms with Crippen molar-refractivity contribution in [2.24, 2.45) is 16.3 Å². The molecule has 0 saturated heterocycles. The predicted molar refractivity (Wildman–Crippen MR) is 155 cm³/mol. The van der Waals surface area contributed by atoms with Crippen LogP contribution in [0.15, 0.2) is 70.1 Å². The predicted octanol–water partition coefficient (Wildman–Crippen LogP) is 9.47. The van der Waals surface area contributed by atoms with Gasteiger partial charge in [0.05, 0.1) is 11.8 Å². The fraction of sp³-hybridized carbons (Fsp3) is 0.267. The normalized spacial score (nSPS) is 15.6. The van der Waals surface area contributed by atoms with E-state index in [1.807, 2.05) is 36.4 Å². The number of furan rings is 1. The number of hydrogen-bond donors (Lipinski definition) is 1. The smallest absolute Gasteiger partial charge is 0.259 e. The van der Waals surface area contributed by atoms with Crippen molar-refractivity contribution in [1.29, 1.82) is 0 Å². The van der Waals surface area contributed by atoms with Gasteiger partial charge in [-0.15, -0.1) is 11.3 Å². The first kappa shape index (κ1) is 25.8. The zero-order valence-electron chi connectivity index (χ0n) is 21.0. The number of rotatable bonds is 5. The Kier molecular flexibility index (Phi) is 7.30. The summed E-state index contributed by atoms with van der Waals surface area (Å²) < 4.78 is 6.00. The average molecular weight is 552 g/mol. The van der Waals surface area contributed by atoms with Crippen LogP contribution in [0.3, 0.4) is 0 Å². The largest absolute Gasteiger partial charge is 0.455 e. The molecule has 5 rings (SSSR count). The van der Waals surface area contributed by atoms with E-state index in [9.17, 15) is 4.79 Å². The number of anilines is 1. The lowest BCUT2D eigenvalue weighted by Crippen LogP contribution is -2.27. The van der Waals surface area contributed by atoms with Gasteiger partial charge in [-0.3, -0.25) is 4.79 Å². The summed E-state index contributed by atoms with van der Waals surface area (Å²) in [7, 11) is 0. The van der Waals surface area contributed by atoms with Gasteiger partial charge in [0.15, 0.2) is 0 Å². The van der Waals surface area contributed by atoms with E-state index in [2.05, 4.69) is 26.1 Å². The molecule has 4 aromatic rings. The second-order valence-corrected chi connectivity index (χ2v) is 12.4. The third-order valence-corrected chi connectivity index (χ3v) is 8.53. The van der Waals surface area contributed by atoms with E-state index in [-0.39, 0.29) is 11.3 Å². The number of carbonyl (C=O) groups is 1. The van der Waals surface area contributed by atoms with Gasteiger partial charge in [-0.25, -0.2) is 4.99 Å². The number of amides is 1. The Morgan fingerprint density at radius 2 is 1.70 bits per heavy atom. The van der Waals surface area contributed by atoms with E-state index in [1.165, 1.54) is 4.88 Å². The number of fused-ring (bicyclic) bond motifs is 1.